The molecular formula is C17H26N2O2. The zero-order valence-corrected chi connectivity index (χ0v) is 13.0. The Morgan fingerprint density at radius 2 is 1.76 bits per heavy atom. The van der Waals surface area contributed by atoms with Crippen molar-refractivity contribution < 1.29 is 9.53 Å². The molecule has 0 spiro atoms. The summed E-state index contributed by atoms with van der Waals surface area (Å²) in [6.07, 6.45) is 7.43. The number of ether oxygens (including phenoxy) is 1. The number of hydrogen-bond donors (Lipinski definition) is 2. The normalized spacial score (nSPS) is 21.6. The second-order valence-corrected chi connectivity index (χ2v) is 5.84. The number of hydrogen-bond acceptors (Lipinski definition) is 3. The summed E-state index contributed by atoms with van der Waals surface area (Å²) in [5.74, 6) is 0.930. The quantitative estimate of drug-likeness (QED) is 0.831. The average Bonchev–Trinajstić information content (AvgIpc) is 2.51. The Labute approximate surface area is 127 Å². The lowest BCUT2D eigenvalue weighted by atomic mass is 9.83. The molecule has 0 atom stereocenters. The third-order valence-electron chi connectivity index (χ3n) is 4.23. The average molecular weight is 290 g/mol. The van der Waals surface area contributed by atoms with Crippen LogP contribution in [0.3, 0.4) is 0 Å². The van der Waals surface area contributed by atoms with Gasteiger partial charge in [-0.3, -0.25) is 5.32 Å². The van der Waals surface area contributed by atoms with E-state index in [0.717, 1.165) is 17.3 Å². The van der Waals surface area contributed by atoms with E-state index in [1.165, 1.54) is 45.6 Å². The Bertz CT molecular complexity index is 437. The molecule has 4 heteroatoms. The number of rotatable bonds is 5. The molecule has 0 saturated heterocycles. The van der Waals surface area contributed by atoms with Crippen molar-refractivity contribution in [2.45, 2.75) is 51.5 Å². The van der Waals surface area contributed by atoms with Gasteiger partial charge in [-0.25, -0.2) is 4.79 Å². The van der Waals surface area contributed by atoms with E-state index in [0.29, 0.717) is 6.04 Å². The SMILES string of the molecule is CCCC1CCC(Nc2ccc(NC(=O)OC)cc2)CC1. The summed E-state index contributed by atoms with van der Waals surface area (Å²) in [6.45, 7) is 2.27. The lowest BCUT2D eigenvalue weighted by Gasteiger charge is -2.29. The van der Waals surface area contributed by atoms with Crippen LogP contribution in [0.4, 0.5) is 16.2 Å². The van der Waals surface area contributed by atoms with Crippen LogP contribution >= 0.6 is 0 Å². The van der Waals surface area contributed by atoms with Gasteiger partial charge in [-0.1, -0.05) is 19.8 Å². The highest BCUT2D eigenvalue weighted by Gasteiger charge is 2.20. The molecule has 0 radical (unpaired) electrons. The molecule has 1 aliphatic carbocycles. The molecule has 1 aromatic carbocycles. The van der Waals surface area contributed by atoms with Crippen molar-refractivity contribution in [1.82, 2.24) is 0 Å². The summed E-state index contributed by atoms with van der Waals surface area (Å²) < 4.78 is 4.57. The molecule has 21 heavy (non-hydrogen) atoms. The minimum atomic E-state index is -0.440. The van der Waals surface area contributed by atoms with E-state index in [2.05, 4.69) is 22.3 Å². The van der Waals surface area contributed by atoms with Crippen molar-refractivity contribution in [2.75, 3.05) is 17.7 Å². The van der Waals surface area contributed by atoms with Crippen molar-refractivity contribution in [2.24, 2.45) is 5.92 Å². The predicted molar refractivity (Wildman–Crippen MR) is 86.7 cm³/mol. The summed E-state index contributed by atoms with van der Waals surface area (Å²) in [5, 5.41) is 6.25. The fraction of sp³-hybridized carbons (Fsp3) is 0.588. The fourth-order valence-corrected chi connectivity index (χ4v) is 3.06. The van der Waals surface area contributed by atoms with Crippen molar-refractivity contribution in [3.05, 3.63) is 24.3 Å². The Hall–Kier alpha value is -1.71. The van der Waals surface area contributed by atoms with Gasteiger partial charge in [-0.05, 0) is 55.9 Å². The summed E-state index contributed by atoms with van der Waals surface area (Å²) in [7, 11) is 1.36. The molecule has 1 fully saturated rings. The smallest absolute Gasteiger partial charge is 0.411 e. The minimum Gasteiger partial charge on any atom is -0.453 e. The first-order chi connectivity index (χ1) is 10.2. The van der Waals surface area contributed by atoms with Gasteiger partial charge in [0.2, 0.25) is 0 Å². The third kappa shape index (κ3) is 4.96. The van der Waals surface area contributed by atoms with E-state index in [4.69, 9.17) is 0 Å². The molecule has 4 nitrogen and oxygen atoms in total. The monoisotopic (exact) mass is 290 g/mol. The molecule has 0 bridgehead atoms. The lowest BCUT2D eigenvalue weighted by molar-refractivity contribution is 0.187. The van der Waals surface area contributed by atoms with Gasteiger partial charge in [0.25, 0.3) is 0 Å². The largest absolute Gasteiger partial charge is 0.453 e. The number of anilines is 2. The number of nitrogens with one attached hydrogen (secondary N) is 2. The van der Waals surface area contributed by atoms with Crippen LogP contribution in [0.1, 0.15) is 45.4 Å². The van der Waals surface area contributed by atoms with Gasteiger partial charge in [-0.15, -0.1) is 0 Å². The summed E-state index contributed by atoms with van der Waals surface area (Å²) in [4.78, 5) is 11.1. The zero-order valence-electron chi connectivity index (χ0n) is 13.0. The maximum Gasteiger partial charge on any atom is 0.411 e. The number of benzene rings is 1. The lowest BCUT2D eigenvalue weighted by Crippen LogP contribution is -2.26. The van der Waals surface area contributed by atoms with Crippen molar-refractivity contribution in [3.8, 4) is 0 Å². The highest BCUT2D eigenvalue weighted by Crippen LogP contribution is 2.29. The molecule has 0 aliphatic heterocycles. The van der Waals surface area contributed by atoms with Crippen LogP contribution in [0.5, 0.6) is 0 Å². The molecule has 1 amide bonds. The van der Waals surface area contributed by atoms with E-state index >= 15 is 0 Å². The van der Waals surface area contributed by atoms with Crippen LogP contribution < -0.4 is 10.6 Å². The molecule has 0 unspecified atom stereocenters. The zero-order chi connectivity index (χ0) is 15.1. The molecule has 0 aromatic heterocycles. The highest BCUT2D eigenvalue weighted by atomic mass is 16.5. The maximum atomic E-state index is 11.1. The van der Waals surface area contributed by atoms with E-state index in [9.17, 15) is 4.79 Å². The predicted octanol–water partition coefficient (Wildman–Crippen LogP) is 4.64. The summed E-state index contributed by atoms with van der Waals surface area (Å²) >= 11 is 0. The van der Waals surface area contributed by atoms with Gasteiger partial charge in [0.15, 0.2) is 0 Å². The molecule has 2 rings (SSSR count). The Kier molecular flexibility index (Phi) is 5.90. The van der Waals surface area contributed by atoms with Gasteiger partial charge in [-0.2, -0.15) is 0 Å². The van der Waals surface area contributed by atoms with Gasteiger partial charge in [0.05, 0.1) is 7.11 Å². The standard InChI is InChI=1S/C17H26N2O2/c1-3-4-13-5-7-14(8-6-13)18-15-9-11-16(12-10-15)19-17(20)21-2/h9-14,18H,3-8H2,1-2H3,(H,19,20). The Morgan fingerprint density at radius 1 is 1.14 bits per heavy atom. The second kappa shape index (κ2) is 7.91. The van der Waals surface area contributed by atoms with Gasteiger partial charge < -0.3 is 10.1 Å². The van der Waals surface area contributed by atoms with E-state index in [-0.39, 0.29) is 0 Å². The highest BCUT2D eigenvalue weighted by molar-refractivity contribution is 5.84. The van der Waals surface area contributed by atoms with Crippen LogP contribution in [-0.4, -0.2) is 19.2 Å². The van der Waals surface area contributed by atoms with E-state index in [1.807, 2.05) is 24.3 Å². The second-order valence-electron chi connectivity index (χ2n) is 5.84. The van der Waals surface area contributed by atoms with Crippen molar-refractivity contribution in [1.29, 1.82) is 0 Å². The minimum absolute atomic E-state index is 0.440. The van der Waals surface area contributed by atoms with Crippen LogP contribution in [0.15, 0.2) is 24.3 Å². The third-order valence-corrected chi connectivity index (χ3v) is 4.23. The van der Waals surface area contributed by atoms with Gasteiger partial charge in [0, 0.05) is 17.4 Å². The molecule has 1 saturated carbocycles. The summed E-state index contributed by atoms with van der Waals surface area (Å²) in [5.41, 5.74) is 1.86. The number of amides is 1. The van der Waals surface area contributed by atoms with Crippen LogP contribution in [-0.2, 0) is 4.74 Å². The van der Waals surface area contributed by atoms with Crippen LogP contribution in [0, 0.1) is 5.92 Å². The first-order valence-corrected chi connectivity index (χ1v) is 7.92. The molecule has 1 aromatic rings. The van der Waals surface area contributed by atoms with Crippen molar-refractivity contribution >= 4 is 17.5 Å². The molecule has 116 valence electrons. The van der Waals surface area contributed by atoms with Crippen molar-refractivity contribution in [3.63, 3.8) is 0 Å². The maximum absolute atomic E-state index is 11.1. The molecule has 2 N–H and O–H groups in total. The van der Waals surface area contributed by atoms with Gasteiger partial charge in [0.1, 0.15) is 0 Å². The van der Waals surface area contributed by atoms with Crippen LogP contribution in [0.25, 0.3) is 0 Å². The van der Waals surface area contributed by atoms with E-state index in [1.54, 1.807) is 0 Å². The number of carbonyl (C=O) groups is 1. The molecular weight excluding hydrogens is 264 g/mol. The molecule has 0 heterocycles. The van der Waals surface area contributed by atoms with Crippen LogP contribution in [0.2, 0.25) is 0 Å². The first-order valence-electron chi connectivity index (χ1n) is 7.92. The number of methoxy groups -OCH3 is 1. The first kappa shape index (κ1) is 15.7. The van der Waals surface area contributed by atoms with Gasteiger partial charge >= 0.3 is 6.09 Å². The van der Waals surface area contributed by atoms with E-state index < -0.39 is 6.09 Å². The Morgan fingerprint density at radius 3 is 2.33 bits per heavy atom. The topological polar surface area (TPSA) is 50.4 Å². The fourth-order valence-electron chi connectivity index (χ4n) is 3.06. The number of carbonyl (C=O) groups excluding carboxylic acids is 1. The molecule has 1 aliphatic rings. The Balaban J connectivity index is 1.80. The summed E-state index contributed by atoms with van der Waals surface area (Å²) in [6, 6.07) is 8.37.